The Morgan fingerprint density at radius 3 is 1.24 bits per heavy atom. The van der Waals surface area contributed by atoms with Gasteiger partial charge < -0.3 is 50.5 Å². The monoisotopic (exact) mass is 1020 g/mol. The Balaban J connectivity index is 2.30. The van der Waals surface area contributed by atoms with Gasteiger partial charge in [0.1, 0.15) is 36.6 Å². The Bertz CT molecular complexity index is 1220. The molecule has 9 atom stereocenters. The number of rotatable bonds is 53. The molecular weight excluding hydrogens is 907 g/mol. The highest BCUT2D eigenvalue weighted by Crippen LogP contribution is 2.23. The van der Waals surface area contributed by atoms with E-state index in [1.165, 1.54) is 205 Å². The molecule has 1 amide bonds. The third-order valence-corrected chi connectivity index (χ3v) is 15.0. The third-order valence-electron chi connectivity index (χ3n) is 15.0. The third kappa shape index (κ3) is 38.2. The second-order valence-corrected chi connectivity index (χ2v) is 21.8. The van der Waals surface area contributed by atoms with E-state index in [4.69, 9.17) is 9.47 Å². The van der Waals surface area contributed by atoms with Crippen LogP contribution < -0.4 is 5.32 Å². The fourth-order valence-corrected chi connectivity index (χ4v) is 9.99. The number of nitrogens with one attached hydrogen (secondary N) is 1. The van der Waals surface area contributed by atoms with Gasteiger partial charge in [0.25, 0.3) is 0 Å². The van der Waals surface area contributed by atoms with Crippen molar-refractivity contribution >= 4 is 5.91 Å². The van der Waals surface area contributed by atoms with E-state index in [9.17, 15) is 40.5 Å². The number of unbranched alkanes of at least 4 members (excludes halogenated alkanes) is 37. The molecule has 0 aromatic rings. The van der Waals surface area contributed by atoms with E-state index in [0.29, 0.717) is 19.3 Å². The highest BCUT2D eigenvalue weighted by molar-refractivity contribution is 5.80. The second kappa shape index (κ2) is 50.4. The lowest BCUT2D eigenvalue weighted by molar-refractivity contribution is -0.303. The predicted molar refractivity (Wildman–Crippen MR) is 298 cm³/mol. The molecule has 0 aliphatic carbocycles. The van der Waals surface area contributed by atoms with Gasteiger partial charge >= 0.3 is 0 Å². The molecule has 1 rings (SSSR count). The van der Waals surface area contributed by atoms with E-state index in [0.717, 1.165) is 38.5 Å². The van der Waals surface area contributed by atoms with Crippen LogP contribution in [0.2, 0.25) is 0 Å². The van der Waals surface area contributed by atoms with Gasteiger partial charge in [-0.2, -0.15) is 0 Å². The molecule has 0 aromatic heterocycles. The molecule has 11 nitrogen and oxygen atoms in total. The minimum absolute atomic E-state index is 0.249. The predicted octanol–water partition coefficient (Wildman–Crippen LogP) is 13.3. The molecule has 72 heavy (non-hydrogen) atoms. The maximum absolute atomic E-state index is 13.2. The summed E-state index contributed by atoms with van der Waals surface area (Å²) in [6.07, 6.45) is 49.6. The Kier molecular flexibility index (Phi) is 48.0. The first-order valence-corrected chi connectivity index (χ1v) is 30.7. The van der Waals surface area contributed by atoms with Gasteiger partial charge in [-0.3, -0.25) is 4.79 Å². The number of hydrogen-bond acceptors (Lipinski definition) is 10. The van der Waals surface area contributed by atoms with Crippen molar-refractivity contribution in [3.05, 3.63) is 24.3 Å². The van der Waals surface area contributed by atoms with Crippen LogP contribution in [0.3, 0.4) is 0 Å². The minimum Gasteiger partial charge on any atom is -0.394 e. The Morgan fingerprint density at radius 1 is 0.472 bits per heavy atom. The molecule has 0 aromatic carbocycles. The van der Waals surface area contributed by atoms with E-state index in [-0.39, 0.29) is 12.8 Å². The molecule has 0 saturated carbocycles. The average molecular weight is 1020 g/mol. The van der Waals surface area contributed by atoms with E-state index >= 15 is 0 Å². The summed E-state index contributed by atoms with van der Waals surface area (Å²) in [6, 6.07) is -1.19. The van der Waals surface area contributed by atoms with Crippen LogP contribution in [0, 0.1) is 0 Å². The number of carbonyl (C=O) groups excluding carboxylic acids is 1. The van der Waals surface area contributed by atoms with Crippen molar-refractivity contribution in [3.63, 3.8) is 0 Å². The first-order valence-electron chi connectivity index (χ1n) is 30.7. The number of aliphatic hydroxyl groups excluding tert-OH is 7. The Morgan fingerprint density at radius 2 is 0.833 bits per heavy atom. The first-order chi connectivity index (χ1) is 35.2. The van der Waals surface area contributed by atoms with Crippen LogP contribution in [-0.4, -0.2) is 110 Å². The van der Waals surface area contributed by atoms with Gasteiger partial charge in [-0.1, -0.05) is 263 Å². The topological polar surface area (TPSA) is 189 Å². The summed E-state index contributed by atoms with van der Waals surface area (Å²) in [5.41, 5.74) is 0. The zero-order valence-electron chi connectivity index (χ0n) is 46.7. The lowest BCUT2D eigenvalue weighted by Gasteiger charge is -2.40. The maximum atomic E-state index is 13.2. The fraction of sp³-hybridized carbons (Fsp3) is 0.918. The number of aliphatic hydroxyl groups is 7. The van der Waals surface area contributed by atoms with Gasteiger partial charge in [-0.25, -0.2) is 0 Å². The van der Waals surface area contributed by atoms with Crippen LogP contribution in [0.5, 0.6) is 0 Å². The molecule has 0 radical (unpaired) electrons. The van der Waals surface area contributed by atoms with Crippen LogP contribution in [0.25, 0.3) is 0 Å². The van der Waals surface area contributed by atoms with Crippen LogP contribution in [0.15, 0.2) is 24.3 Å². The molecule has 9 unspecified atom stereocenters. The van der Waals surface area contributed by atoms with Crippen molar-refractivity contribution in [3.8, 4) is 0 Å². The maximum Gasteiger partial charge on any atom is 0.249 e. The number of allylic oxidation sites excluding steroid dienone is 4. The zero-order valence-corrected chi connectivity index (χ0v) is 46.7. The van der Waals surface area contributed by atoms with Gasteiger partial charge in [0, 0.05) is 0 Å². The van der Waals surface area contributed by atoms with Crippen molar-refractivity contribution in [1.29, 1.82) is 0 Å². The number of carbonyl (C=O) groups is 1. The van der Waals surface area contributed by atoms with E-state index in [1.54, 1.807) is 0 Å². The van der Waals surface area contributed by atoms with E-state index in [2.05, 4.69) is 43.5 Å². The van der Waals surface area contributed by atoms with Crippen LogP contribution >= 0.6 is 0 Å². The van der Waals surface area contributed by atoms with Gasteiger partial charge in [0.05, 0.1) is 25.4 Å². The molecule has 0 bridgehead atoms. The Hall–Kier alpha value is -1.41. The summed E-state index contributed by atoms with van der Waals surface area (Å²) in [5, 5.41) is 76.2. The van der Waals surface area contributed by atoms with Crippen LogP contribution in [0.4, 0.5) is 0 Å². The molecule has 8 N–H and O–H groups in total. The quantitative estimate of drug-likeness (QED) is 0.0215. The number of ether oxygens (including phenoxy) is 2. The van der Waals surface area contributed by atoms with E-state index in [1.807, 2.05) is 0 Å². The standard InChI is InChI=1S/C61H117NO10/c1-3-5-7-9-11-13-15-17-19-21-23-24-25-26-27-28-29-30-31-33-34-36-38-40-42-44-46-48-53(64)56(66)52(51-71-61-59(69)58(68)57(67)55(50-63)72-61)62-60(70)54(65)49-47-45-43-41-39-37-35-32-22-20-18-16-14-12-10-8-6-4-2/h33-34,40,42,52-59,61,63-69H,3-32,35-39,41,43-51H2,1-2H3,(H,62,70)/b34-33+,42-40+. The highest BCUT2D eigenvalue weighted by Gasteiger charge is 2.44. The highest BCUT2D eigenvalue weighted by atomic mass is 16.7. The number of hydrogen-bond donors (Lipinski definition) is 8. The average Bonchev–Trinajstić information content (AvgIpc) is 3.38. The van der Waals surface area contributed by atoms with Gasteiger partial charge in [-0.05, 0) is 51.4 Å². The largest absolute Gasteiger partial charge is 0.394 e. The van der Waals surface area contributed by atoms with Crippen LogP contribution in [0.1, 0.15) is 290 Å². The minimum atomic E-state index is -1.67. The Labute approximate surface area is 442 Å². The van der Waals surface area contributed by atoms with Gasteiger partial charge in [0.15, 0.2) is 6.29 Å². The van der Waals surface area contributed by atoms with E-state index < -0.39 is 74.2 Å². The summed E-state index contributed by atoms with van der Waals surface area (Å²) in [7, 11) is 0. The van der Waals surface area contributed by atoms with Gasteiger partial charge in [0.2, 0.25) is 5.91 Å². The molecular formula is C61H117NO10. The molecule has 1 aliphatic heterocycles. The molecule has 1 saturated heterocycles. The molecule has 1 fully saturated rings. The first kappa shape index (κ1) is 68.6. The normalized spacial score (nSPS) is 20.2. The molecule has 11 heteroatoms. The van der Waals surface area contributed by atoms with Crippen molar-refractivity contribution in [2.24, 2.45) is 0 Å². The summed E-state index contributed by atoms with van der Waals surface area (Å²) in [5.74, 6) is -0.706. The summed E-state index contributed by atoms with van der Waals surface area (Å²) in [4.78, 5) is 13.2. The van der Waals surface area contributed by atoms with Crippen molar-refractivity contribution < 1.29 is 50.0 Å². The van der Waals surface area contributed by atoms with Crippen molar-refractivity contribution in [1.82, 2.24) is 5.32 Å². The lowest BCUT2D eigenvalue weighted by atomic mass is 9.98. The number of amides is 1. The molecule has 1 heterocycles. The SMILES string of the molecule is CCCCCCCCCCCCCCCCCCCC/C=C/CC/C=C/CCCC(O)C(O)C(COC1OC(CO)C(O)C(O)C1O)NC(=O)C(O)CCCCCCCCCCCCCCCCCCCC. The fourth-order valence-electron chi connectivity index (χ4n) is 9.99. The lowest BCUT2D eigenvalue weighted by Crippen LogP contribution is -2.60. The summed E-state index contributed by atoms with van der Waals surface area (Å²) in [6.45, 7) is 3.47. The molecule has 1 aliphatic rings. The molecule has 0 spiro atoms. The molecule has 426 valence electrons. The van der Waals surface area contributed by atoms with Crippen molar-refractivity contribution in [2.45, 2.75) is 345 Å². The van der Waals surface area contributed by atoms with Crippen molar-refractivity contribution in [2.75, 3.05) is 13.2 Å². The smallest absolute Gasteiger partial charge is 0.249 e. The summed E-state index contributed by atoms with van der Waals surface area (Å²) < 4.78 is 11.1. The second-order valence-electron chi connectivity index (χ2n) is 21.8. The van der Waals surface area contributed by atoms with Crippen LogP contribution in [-0.2, 0) is 14.3 Å². The summed E-state index contributed by atoms with van der Waals surface area (Å²) >= 11 is 0. The zero-order chi connectivity index (χ0) is 52.5. The van der Waals surface area contributed by atoms with Gasteiger partial charge in [-0.15, -0.1) is 0 Å².